The molecule has 1 aromatic heterocycles. The number of anilines is 1. The summed E-state index contributed by atoms with van der Waals surface area (Å²) in [6.07, 6.45) is 5.08. The standard InChI is InChI=1S/C14H18ClN3/c1-2-6-14(7-8-14)9-18-12-10(15)4-3-5-11(12)17-13(18)16/h3-5H,2,6-9H2,1H3,(H2,16,17). The Morgan fingerprint density at radius 3 is 2.89 bits per heavy atom. The first-order valence-corrected chi connectivity index (χ1v) is 6.93. The van der Waals surface area contributed by atoms with Crippen molar-refractivity contribution in [2.75, 3.05) is 5.73 Å². The maximum atomic E-state index is 6.29. The molecule has 0 atom stereocenters. The van der Waals surface area contributed by atoms with E-state index in [1.807, 2.05) is 18.2 Å². The van der Waals surface area contributed by atoms with Crippen LogP contribution in [0.3, 0.4) is 0 Å². The smallest absolute Gasteiger partial charge is 0.201 e. The first-order chi connectivity index (χ1) is 8.65. The van der Waals surface area contributed by atoms with Crippen molar-refractivity contribution < 1.29 is 0 Å². The van der Waals surface area contributed by atoms with Crippen LogP contribution in [0.25, 0.3) is 11.0 Å². The van der Waals surface area contributed by atoms with Gasteiger partial charge in [0.1, 0.15) is 0 Å². The molecular formula is C14H18ClN3. The van der Waals surface area contributed by atoms with E-state index in [-0.39, 0.29) is 0 Å². The van der Waals surface area contributed by atoms with Crippen molar-refractivity contribution in [3.8, 4) is 0 Å². The number of hydrogen-bond donors (Lipinski definition) is 1. The molecule has 0 amide bonds. The average Bonchev–Trinajstić information content (AvgIpc) is 3.00. The number of fused-ring (bicyclic) bond motifs is 1. The van der Waals surface area contributed by atoms with Gasteiger partial charge in [-0.05, 0) is 36.8 Å². The number of imidazole rings is 1. The van der Waals surface area contributed by atoms with Crippen molar-refractivity contribution in [1.82, 2.24) is 9.55 Å². The van der Waals surface area contributed by atoms with Gasteiger partial charge in [0.25, 0.3) is 0 Å². The first kappa shape index (κ1) is 11.8. The highest BCUT2D eigenvalue weighted by atomic mass is 35.5. The molecule has 1 heterocycles. The predicted octanol–water partition coefficient (Wildman–Crippen LogP) is 3.85. The van der Waals surface area contributed by atoms with Crippen LogP contribution >= 0.6 is 11.6 Å². The summed E-state index contributed by atoms with van der Waals surface area (Å²) in [6.45, 7) is 3.19. The van der Waals surface area contributed by atoms with Crippen LogP contribution in [0.2, 0.25) is 5.02 Å². The van der Waals surface area contributed by atoms with Crippen LogP contribution in [0.1, 0.15) is 32.6 Å². The number of halogens is 1. The molecule has 1 aliphatic carbocycles. The van der Waals surface area contributed by atoms with E-state index in [2.05, 4.69) is 16.5 Å². The molecule has 1 aromatic carbocycles. The molecule has 0 aliphatic heterocycles. The second-order valence-corrected chi connectivity index (χ2v) is 5.82. The Labute approximate surface area is 112 Å². The molecule has 0 bridgehead atoms. The monoisotopic (exact) mass is 263 g/mol. The molecule has 1 fully saturated rings. The van der Waals surface area contributed by atoms with E-state index >= 15 is 0 Å². The molecule has 0 radical (unpaired) electrons. The second-order valence-electron chi connectivity index (χ2n) is 5.41. The molecule has 0 unspecified atom stereocenters. The van der Waals surface area contributed by atoms with Gasteiger partial charge in [-0.25, -0.2) is 4.98 Å². The number of nitrogen functional groups attached to an aromatic ring is 1. The lowest BCUT2D eigenvalue weighted by Crippen LogP contribution is -2.13. The summed E-state index contributed by atoms with van der Waals surface area (Å²) in [5.74, 6) is 0.584. The number of para-hydroxylation sites is 1. The third-order valence-electron chi connectivity index (χ3n) is 3.98. The van der Waals surface area contributed by atoms with Crippen molar-refractivity contribution in [3.05, 3.63) is 23.2 Å². The van der Waals surface area contributed by atoms with Gasteiger partial charge in [0.05, 0.1) is 16.1 Å². The third-order valence-corrected chi connectivity index (χ3v) is 4.28. The summed E-state index contributed by atoms with van der Waals surface area (Å²) in [7, 11) is 0. The number of rotatable bonds is 4. The fraction of sp³-hybridized carbons (Fsp3) is 0.500. The molecule has 0 spiro atoms. The van der Waals surface area contributed by atoms with Crippen molar-refractivity contribution in [1.29, 1.82) is 0 Å². The summed E-state index contributed by atoms with van der Waals surface area (Å²) in [6, 6.07) is 5.79. The lowest BCUT2D eigenvalue weighted by atomic mass is 10.0. The second kappa shape index (κ2) is 4.16. The van der Waals surface area contributed by atoms with Crippen LogP contribution in [0.5, 0.6) is 0 Å². The van der Waals surface area contributed by atoms with Crippen LogP contribution < -0.4 is 5.73 Å². The SMILES string of the molecule is CCCC1(Cn2c(N)nc3cccc(Cl)c32)CC1. The van der Waals surface area contributed by atoms with E-state index in [0.29, 0.717) is 11.4 Å². The lowest BCUT2D eigenvalue weighted by Gasteiger charge is -2.16. The topological polar surface area (TPSA) is 43.8 Å². The van der Waals surface area contributed by atoms with E-state index < -0.39 is 0 Å². The van der Waals surface area contributed by atoms with Gasteiger partial charge in [0, 0.05) is 6.54 Å². The van der Waals surface area contributed by atoms with E-state index in [9.17, 15) is 0 Å². The zero-order valence-electron chi connectivity index (χ0n) is 10.6. The maximum absolute atomic E-state index is 6.29. The molecule has 96 valence electrons. The number of hydrogen-bond acceptors (Lipinski definition) is 2. The molecule has 3 rings (SSSR count). The molecule has 2 N–H and O–H groups in total. The van der Waals surface area contributed by atoms with Gasteiger partial charge in [-0.3, -0.25) is 0 Å². The molecule has 4 heteroatoms. The lowest BCUT2D eigenvalue weighted by molar-refractivity contribution is 0.396. The summed E-state index contributed by atoms with van der Waals surface area (Å²) in [5.41, 5.74) is 8.37. The number of nitrogens with two attached hydrogens (primary N) is 1. The Morgan fingerprint density at radius 2 is 2.22 bits per heavy atom. The Morgan fingerprint density at radius 1 is 1.44 bits per heavy atom. The zero-order chi connectivity index (χ0) is 12.8. The zero-order valence-corrected chi connectivity index (χ0v) is 11.4. The van der Waals surface area contributed by atoms with Crippen LogP contribution in [0.4, 0.5) is 5.95 Å². The summed E-state index contributed by atoms with van der Waals surface area (Å²) in [4.78, 5) is 4.40. The van der Waals surface area contributed by atoms with Crippen molar-refractivity contribution in [2.45, 2.75) is 39.2 Å². The molecule has 18 heavy (non-hydrogen) atoms. The fourth-order valence-electron chi connectivity index (χ4n) is 2.85. The number of benzene rings is 1. The summed E-state index contributed by atoms with van der Waals surface area (Å²) >= 11 is 6.29. The highest BCUT2D eigenvalue weighted by Gasteiger charge is 2.42. The minimum atomic E-state index is 0.440. The van der Waals surface area contributed by atoms with Crippen molar-refractivity contribution in [3.63, 3.8) is 0 Å². The van der Waals surface area contributed by atoms with Gasteiger partial charge < -0.3 is 10.3 Å². The molecule has 1 aliphatic rings. The molecule has 2 aromatic rings. The van der Waals surface area contributed by atoms with Crippen LogP contribution in [0.15, 0.2) is 18.2 Å². The van der Waals surface area contributed by atoms with E-state index in [1.54, 1.807) is 0 Å². The van der Waals surface area contributed by atoms with Gasteiger partial charge in [0.15, 0.2) is 0 Å². The van der Waals surface area contributed by atoms with E-state index in [0.717, 1.165) is 22.6 Å². The Hall–Kier alpha value is -1.22. The summed E-state index contributed by atoms with van der Waals surface area (Å²) < 4.78 is 2.10. The highest BCUT2D eigenvalue weighted by molar-refractivity contribution is 6.35. The molecule has 0 saturated heterocycles. The van der Waals surface area contributed by atoms with Gasteiger partial charge in [-0.15, -0.1) is 0 Å². The summed E-state index contributed by atoms with van der Waals surface area (Å²) in [5, 5.41) is 0.740. The maximum Gasteiger partial charge on any atom is 0.201 e. The Kier molecular flexibility index (Phi) is 2.74. The quantitative estimate of drug-likeness (QED) is 0.910. The van der Waals surface area contributed by atoms with Gasteiger partial charge in [0.2, 0.25) is 5.95 Å². The highest BCUT2D eigenvalue weighted by Crippen LogP contribution is 2.51. The van der Waals surface area contributed by atoms with Crippen molar-refractivity contribution >= 4 is 28.6 Å². The van der Waals surface area contributed by atoms with Crippen LogP contribution in [-0.2, 0) is 6.54 Å². The number of aromatic nitrogens is 2. The average molecular weight is 264 g/mol. The largest absolute Gasteiger partial charge is 0.369 e. The van der Waals surface area contributed by atoms with Gasteiger partial charge in [-0.2, -0.15) is 0 Å². The minimum Gasteiger partial charge on any atom is -0.369 e. The molecule has 3 nitrogen and oxygen atoms in total. The van der Waals surface area contributed by atoms with Gasteiger partial charge in [-0.1, -0.05) is 31.0 Å². The van der Waals surface area contributed by atoms with Crippen LogP contribution in [-0.4, -0.2) is 9.55 Å². The predicted molar refractivity (Wildman–Crippen MR) is 75.7 cm³/mol. The minimum absolute atomic E-state index is 0.440. The fourth-order valence-corrected chi connectivity index (χ4v) is 3.12. The van der Waals surface area contributed by atoms with Crippen LogP contribution in [0, 0.1) is 5.41 Å². The van der Waals surface area contributed by atoms with E-state index in [1.165, 1.54) is 25.7 Å². The van der Waals surface area contributed by atoms with E-state index in [4.69, 9.17) is 17.3 Å². The first-order valence-electron chi connectivity index (χ1n) is 6.55. The normalized spacial score (nSPS) is 17.2. The molecule has 1 saturated carbocycles. The molecular weight excluding hydrogens is 246 g/mol. The number of nitrogens with zero attached hydrogens (tertiary/aromatic N) is 2. The van der Waals surface area contributed by atoms with Crippen molar-refractivity contribution in [2.24, 2.45) is 5.41 Å². The Bertz CT molecular complexity index is 584. The third kappa shape index (κ3) is 1.87. The van der Waals surface area contributed by atoms with Gasteiger partial charge >= 0.3 is 0 Å². The Balaban J connectivity index is 2.03.